The van der Waals surface area contributed by atoms with Gasteiger partial charge in [-0.3, -0.25) is 4.79 Å². The molecule has 0 saturated carbocycles. The van der Waals surface area contributed by atoms with Crippen LogP contribution in [0, 0.1) is 0 Å². The molecular weight excluding hydrogens is 333 g/mol. The van der Waals surface area contributed by atoms with Gasteiger partial charge in [-0.15, -0.1) is 0 Å². The van der Waals surface area contributed by atoms with Crippen LogP contribution >= 0.6 is 34.8 Å². The van der Waals surface area contributed by atoms with Crippen molar-refractivity contribution in [2.45, 2.75) is 6.42 Å². The van der Waals surface area contributed by atoms with E-state index in [0.29, 0.717) is 32.1 Å². The summed E-state index contributed by atoms with van der Waals surface area (Å²) < 4.78 is 5.05. The molecular formula is C15H12Cl3NO2. The lowest BCUT2D eigenvalue weighted by Crippen LogP contribution is -2.14. The van der Waals surface area contributed by atoms with Gasteiger partial charge in [0, 0.05) is 15.7 Å². The van der Waals surface area contributed by atoms with Crippen molar-refractivity contribution in [3.05, 3.63) is 57.0 Å². The second-order valence-electron chi connectivity index (χ2n) is 4.31. The Morgan fingerprint density at radius 1 is 1.10 bits per heavy atom. The maximum absolute atomic E-state index is 12.0. The van der Waals surface area contributed by atoms with Gasteiger partial charge in [0.25, 0.3) is 0 Å². The van der Waals surface area contributed by atoms with E-state index in [4.69, 9.17) is 39.5 Å². The van der Waals surface area contributed by atoms with Crippen LogP contribution < -0.4 is 10.1 Å². The van der Waals surface area contributed by atoms with Crippen molar-refractivity contribution >= 4 is 46.4 Å². The molecule has 6 heteroatoms. The van der Waals surface area contributed by atoms with Crippen LogP contribution in [0.3, 0.4) is 0 Å². The van der Waals surface area contributed by atoms with Crippen molar-refractivity contribution in [3.63, 3.8) is 0 Å². The zero-order valence-corrected chi connectivity index (χ0v) is 13.4. The van der Waals surface area contributed by atoms with Gasteiger partial charge in [0.2, 0.25) is 5.91 Å². The van der Waals surface area contributed by atoms with E-state index in [9.17, 15) is 4.79 Å². The van der Waals surface area contributed by atoms with E-state index in [0.717, 1.165) is 0 Å². The number of hydrogen-bond donors (Lipinski definition) is 1. The molecule has 0 heterocycles. The average molecular weight is 345 g/mol. The molecule has 0 fully saturated rings. The molecule has 0 saturated heterocycles. The van der Waals surface area contributed by atoms with Crippen molar-refractivity contribution in [1.82, 2.24) is 0 Å². The van der Waals surface area contributed by atoms with Gasteiger partial charge in [-0.25, -0.2) is 0 Å². The Morgan fingerprint density at radius 2 is 1.86 bits per heavy atom. The Hall–Kier alpha value is -1.42. The van der Waals surface area contributed by atoms with Crippen molar-refractivity contribution < 1.29 is 9.53 Å². The van der Waals surface area contributed by atoms with Gasteiger partial charge < -0.3 is 10.1 Å². The van der Waals surface area contributed by atoms with E-state index in [2.05, 4.69) is 5.32 Å². The van der Waals surface area contributed by atoms with E-state index in [1.54, 1.807) is 36.4 Å². The molecule has 0 radical (unpaired) electrons. The summed E-state index contributed by atoms with van der Waals surface area (Å²) in [6, 6.07) is 10.1. The molecule has 0 bridgehead atoms. The minimum absolute atomic E-state index is 0.152. The molecule has 0 aromatic heterocycles. The van der Waals surface area contributed by atoms with Crippen LogP contribution in [-0.2, 0) is 11.2 Å². The highest BCUT2D eigenvalue weighted by molar-refractivity contribution is 6.35. The zero-order chi connectivity index (χ0) is 15.4. The lowest BCUT2D eigenvalue weighted by atomic mass is 10.1. The second kappa shape index (κ2) is 7.03. The van der Waals surface area contributed by atoms with Gasteiger partial charge in [-0.1, -0.05) is 40.9 Å². The fraction of sp³-hybridized carbons (Fsp3) is 0.133. The number of methoxy groups -OCH3 is 1. The largest absolute Gasteiger partial charge is 0.495 e. The summed E-state index contributed by atoms with van der Waals surface area (Å²) in [6.45, 7) is 0. The third-order valence-corrected chi connectivity index (χ3v) is 3.68. The summed E-state index contributed by atoms with van der Waals surface area (Å²) in [5, 5.41) is 4.18. The number of halogens is 3. The Bertz CT molecular complexity index is 674. The minimum atomic E-state index is -0.194. The Morgan fingerprint density at radius 3 is 2.48 bits per heavy atom. The highest BCUT2D eigenvalue weighted by atomic mass is 35.5. The van der Waals surface area contributed by atoms with Crippen LogP contribution in [0.5, 0.6) is 5.75 Å². The fourth-order valence-electron chi connectivity index (χ4n) is 1.79. The number of carbonyl (C=O) groups excluding carboxylic acids is 1. The molecule has 0 unspecified atom stereocenters. The van der Waals surface area contributed by atoms with Crippen molar-refractivity contribution in [1.29, 1.82) is 0 Å². The summed E-state index contributed by atoms with van der Waals surface area (Å²) in [5.41, 5.74) is 1.30. The van der Waals surface area contributed by atoms with Crippen LogP contribution in [0.15, 0.2) is 36.4 Å². The minimum Gasteiger partial charge on any atom is -0.495 e. The van der Waals surface area contributed by atoms with Gasteiger partial charge >= 0.3 is 0 Å². The first-order chi connectivity index (χ1) is 9.99. The first kappa shape index (κ1) is 16.0. The maximum atomic E-state index is 12.0. The quantitative estimate of drug-likeness (QED) is 0.862. The number of benzene rings is 2. The number of carbonyl (C=O) groups is 1. The summed E-state index contributed by atoms with van der Waals surface area (Å²) in [4.78, 5) is 12.0. The standard InChI is InChI=1S/C15H12Cl3NO2/c1-21-14-5-4-11(8-13(14)18)19-15(20)6-9-2-3-10(16)7-12(9)17/h2-5,7-8H,6H2,1H3,(H,19,20). The van der Waals surface area contributed by atoms with Crippen LogP contribution in [0.4, 0.5) is 5.69 Å². The molecule has 2 aromatic rings. The van der Waals surface area contributed by atoms with E-state index in [-0.39, 0.29) is 12.3 Å². The van der Waals surface area contributed by atoms with Gasteiger partial charge in [0.15, 0.2) is 0 Å². The highest BCUT2D eigenvalue weighted by Crippen LogP contribution is 2.27. The Balaban J connectivity index is 2.06. The maximum Gasteiger partial charge on any atom is 0.228 e. The van der Waals surface area contributed by atoms with Gasteiger partial charge in [-0.2, -0.15) is 0 Å². The lowest BCUT2D eigenvalue weighted by molar-refractivity contribution is -0.115. The number of nitrogens with one attached hydrogen (secondary N) is 1. The van der Waals surface area contributed by atoms with Crippen LogP contribution in [0.1, 0.15) is 5.56 Å². The molecule has 0 atom stereocenters. The lowest BCUT2D eigenvalue weighted by Gasteiger charge is -2.09. The molecule has 1 amide bonds. The number of anilines is 1. The van der Waals surface area contributed by atoms with Crippen molar-refractivity contribution in [3.8, 4) is 5.75 Å². The normalized spacial score (nSPS) is 10.3. The Labute approximate surface area is 137 Å². The second-order valence-corrected chi connectivity index (χ2v) is 5.56. The van der Waals surface area contributed by atoms with E-state index < -0.39 is 0 Å². The molecule has 3 nitrogen and oxygen atoms in total. The molecule has 2 rings (SSSR count). The predicted molar refractivity (Wildman–Crippen MR) is 86.8 cm³/mol. The molecule has 110 valence electrons. The van der Waals surface area contributed by atoms with E-state index >= 15 is 0 Å². The van der Waals surface area contributed by atoms with Crippen LogP contribution in [-0.4, -0.2) is 13.0 Å². The number of ether oxygens (including phenoxy) is 1. The molecule has 1 N–H and O–H groups in total. The summed E-state index contributed by atoms with van der Waals surface area (Å²) in [7, 11) is 1.53. The average Bonchev–Trinajstić information content (AvgIpc) is 2.42. The van der Waals surface area contributed by atoms with E-state index in [1.165, 1.54) is 7.11 Å². The highest BCUT2D eigenvalue weighted by Gasteiger charge is 2.09. The number of amides is 1. The Kier molecular flexibility index (Phi) is 5.34. The summed E-state index contributed by atoms with van der Waals surface area (Å²) in [6.07, 6.45) is 0.152. The fourth-order valence-corrected chi connectivity index (χ4v) is 2.52. The zero-order valence-electron chi connectivity index (χ0n) is 11.1. The molecule has 0 aliphatic carbocycles. The molecule has 0 aliphatic rings. The topological polar surface area (TPSA) is 38.3 Å². The molecule has 21 heavy (non-hydrogen) atoms. The van der Waals surface area contributed by atoms with Crippen LogP contribution in [0.25, 0.3) is 0 Å². The van der Waals surface area contributed by atoms with Crippen molar-refractivity contribution in [2.75, 3.05) is 12.4 Å². The predicted octanol–water partition coefficient (Wildman–Crippen LogP) is 4.84. The van der Waals surface area contributed by atoms with Gasteiger partial charge in [0.05, 0.1) is 18.6 Å². The smallest absolute Gasteiger partial charge is 0.228 e. The van der Waals surface area contributed by atoms with Crippen LogP contribution in [0.2, 0.25) is 15.1 Å². The first-order valence-electron chi connectivity index (χ1n) is 6.07. The first-order valence-corrected chi connectivity index (χ1v) is 7.20. The third-order valence-electron chi connectivity index (χ3n) is 2.80. The monoisotopic (exact) mass is 343 g/mol. The van der Waals surface area contributed by atoms with E-state index in [1.807, 2.05) is 0 Å². The molecule has 0 spiro atoms. The molecule has 0 aliphatic heterocycles. The summed E-state index contributed by atoms with van der Waals surface area (Å²) in [5.74, 6) is 0.357. The van der Waals surface area contributed by atoms with Gasteiger partial charge in [0.1, 0.15) is 5.75 Å². The molecule has 2 aromatic carbocycles. The third kappa shape index (κ3) is 4.27. The van der Waals surface area contributed by atoms with Gasteiger partial charge in [-0.05, 0) is 35.9 Å². The summed E-state index contributed by atoms with van der Waals surface area (Å²) >= 11 is 17.9. The number of rotatable bonds is 4. The van der Waals surface area contributed by atoms with Crippen molar-refractivity contribution in [2.24, 2.45) is 0 Å². The SMILES string of the molecule is COc1ccc(NC(=O)Cc2ccc(Cl)cc2Cl)cc1Cl. The number of hydrogen-bond acceptors (Lipinski definition) is 2.